The van der Waals surface area contributed by atoms with Crippen molar-refractivity contribution in [2.24, 2.45) is 11.8 Å². The van der Waals surface area contributed by atoms with Gasteiger partial charge in [0.15, 0.2) is 0 Å². The first-order chi connectivity index (χ1) is 9.24. The molecule has 1 aliphatic carbocycles. The molecule has 0 spiro atoms. The summed E-state index contributed by atoms with van der Waals surface area (Å²) in [5.41, 5.74) is 2.33. The van der Waals surface area contributed by atoms with E-state index in [-0.39, 0.29) is 0 Å². The van der Waals surface area contributed by atoms with Crippen molar-refractivity contribution in [1.82, 2.24) is 5.32 Å². The number of rotatable bonds is 4. The van der Waals surface area contributed by atoms with Crippen LogP contribution in [0.5, 0.6) is 0 Å². The summed E-state index contributed by atoms with van der Waals surface area (Å²) in [5.74, 6) is 2.84. The van der Waals surface area contributed by atoms with Gasteiger partial charge in [-0.15, -0.1) is 0 Å². The maximum absolute atomic E-state index is 5.80. The van der Waals surface area contributed by atoms with E-state index in [2.05, 4.69) is 31.3 Å². The van der Waals surface area contributed by atoms with Crippen molar-refractivity contribution >= 4 is 11.0 Å². The molecule has 102 valence electrons. The van der Waals surface area contributed by atoms with Gasteiger partial charge in [-0.2, -0.15) is 0 Å². The van der Waals surface area contributed by atoms with Crippen molar-refractivity contribution in [3.8, 4) is 0 Å². The van der Waals surface area contributed by atoms with E-state index >= 15 is 0 Å². The van der Waals surface area contributed by atoms with Crippen molar-refractivity contribution in [1.29, 1.82) is 0 Å². The third-order valence-corrected chi connectivity index (χ3v) is 4.44. The molecular formula is C17H23NO. The van der Waals surface area contributed by atoms with E-state index in [0.717, 1.165) is 36.3 Å². The Morgan fingerprint density at radius 3 is 2.89 bits per heavy atom. The SMILES string of the molecule is Cc1oc2ccccc2c1CNCC1CCC(C)C1. The maximum Gasteiger partial charge on any atom is 0.134 e. The Balaban J connectivity index is 1.63. The molecule has 2 heteroatoms. The van der Waals surface area contributed by atoms with Gasteiger partial charge in [0.05, 0.1) is 0 Å². The minimum Gasteiger partial charge on any atom is -0.461 e. The van der Waals surface area contributed by atoms with E-state index in [4.69, 9.17) is 4.42 Å². The lowest BCUT2D eigenvalue weighted by molar-refractivity contribution is 0.468. The minimum atomic E-state index is 0.869. The molecule has 0 bridgehead atoms. The topological polar surface area (TPSA) is 25.2 Å². The normalized spacial score (nSPS) is 23.3. The zero-order valence-electron chi connectivity index (χ0n) is 11.9. The molecule has 1 aromatic carbocycles. The molecule has 1 aromatic heterocycles. The van der Waals surface area contributed by atoms with Gasteiger partial charge in [-0.1, -0.05) is 31.5 Å². The van der Waals surface area contributed by atoms with Gasteiger partial charge in [-0.05, 0) is 44.2 Å². The second-order valence-corrected chi connectivity index (χ2v) is 6.05. The van der Waals surface area contributed by atoms with Crippen molar-refractivity contribution in [2.75, 3.05) is 6.54 Å². The third kappa shape index (κ3) is 2.69. The fraction of sp³-hybridized carbons (Fsp3) is 0.529. The summed E-state index contributed by atoms with van der Waals surface area (Å²) in [6, 6.07) is 8.31. The highest BCUT2D eigenvalue weighted by atomic mass is 16.3. The van der Waals surface area contributed by atoms with Crippen LogP contribution in [0.3, 0.4) is 0 Å². The summed E-state index contributed by atoms with van der Waals surface area (Å²) in [6.07, 6.45) is 4.18. The monoisotopic (exact) mass is 257 g/mol. The van der Waals surface area contributed by atoms with E-state index in [9.17, 15) is 0 Å². The predicted molar refractivity (Wildman–Crippen MR) is 79.2 cm³/mol. The minimum absolute atomic E-state index is 0.869. The molecule has 0 saturated heterocycles. The average molecular weight is 257 g/mol. The third-order valence-electron chi connectivity index (χ3n) is 4.44. The van der Waals surface area contributed by atoms with E-state index in [1.807, 2.05) is 12.1 Å². The van der Waals surface area contributed by atoms with Crippen LogP contribution < -0.4 is 5.32 Å². The van der Waals surface area contributed by atoms with Crippen LogP contribution in [0.25, 0.3) is 11.0 Å². The summed E-state index contributed by atoms with van der Waals surface area (Å²) < 4.78 is 5.80. The fourth-order valence-electron chi connectivity index (χ4n) is 3.35. The molecule has 1 aliphatic rings. The number of furan rings is 1. The standard InChI is InChI=1S/C17H23NO/c1-12-7-8-14(9-12)10-18-11-16-13(2)19-17-6-4-3-5-15(16)17/h3-6,12,14,18H,7-11H2,1-2H3. The lowest BCUT2D eigenvalue weighted by atomic mass is 10.1. The summed E-state index contributed by atoms with van der Waals surface area (Å²) in [6.45, 7) is 6.50. The van der Waals surface area contributed by atoms with E-state index in [1.54, 1.807) is 0 Å². The second-order valence-electron chi connectivity index (χ2n) is 6.05. The van der Waals surface area contributed by atoms with Crippen LogP contribution in [-0.4, -0.2) is 6.54 Å². The quantitative estimate of drug-likeness (QED) is 0.885. The van der Waals surface area contributed by atoms with Crippen molar-refractivity contribution < 1.29 is 4.42 Å². The van der Waals surface area contributed by atoms with Gasteiger partial charge in [0.2, 0.25) is 0 Å². The molecule has 0 radical (unpaired) electrons. The Hall–Kier alpha value is -1.28. The molecule has 2 unspecified atom stereocenters. The van der Waals surface area contributed by atoms with Crippen molar-refractivity contribution in [2.45, 2.75) is 39.7 Å². The molecule has 2 aromatic rings. The Bertz CT molecular complexity index is 557. The highest BCUT2D eigenvalue weighted by molar-refractivity contribution is 5.82. The largest absolute Gasteiger partial charge is 0.461 e. The van der Waals surface area contributed by atoms with Gasteiger partial charge in [0.25, 0.3) is 0 Å². The maximum atomic E-state index is 5.80. The molecule has 3 rings (SSSR count). The molecule has 1 heterocycles. The van der Waals surface area contributed by atoms with E-state index in [1.165, 1.54) is 30.2 Å². The van der Waals surface area contributed by atoms with Crippen molar-refractivity contribution in [3.63, 3.8) is 0 Å². The summed E-state index contributed by atoms with van der Waals surface area (Å²) >= 11 is 0. The number of fused-ring (bicyclic) bond motifs is 1. The number of para-hydroxylation sites is 1. The highest BCUT2D eigenvalue weighted by Crippen LogP contribution is 2.30. The first kappa shape index (κ1) is 12.7. The van der Waals surface area contributed by atoms with Gasteiger partial charge >= 0.3 is 0 Å². The molecule has 0 aliphatic heterocycles. The van der Waals surface area contributed by atoms with Crippen molar-refractivity contribution in [3.05, 3.63) is 35.6 Å². The van der Waals surface area contributed by atoms with Crippen LogP contribution in [0, 0.1) is 18.8 Å². The van der Waals surface area contributed by atoms with Crippen LogP contribution in [0.2, 0.25) is 0 Å². The predicted octanol–water partition coefficient (Wildman–Crippen LogP) is 4.27. The first-order valence-corrected chi connectivity index (χ1v) is 7.41. The van der Waals surface area contributed by atoms with Gasteiger partial charge in [-0.25, -0.2) is 0 Å². The van der Waals surface area contributed by atoms with Crippen LogP contribution in [0.1, 0.15) is 37.5 Å². The first-order valence-electron chi connectivity index (χ1n) is 7.41. The van der Waals surface area contributed by atoms with Crippen LogP contribution >= 0.6 is 0 Å². The Morgan fingerprint density at radius 1 is 1.26 bits per heavy atom. The van der Waals surface area contributed by atoms with Gasteiger partial charge in [-0.3, -0.25) is 0 Å². The lowest BCUT2D eigenvalue weighted by Gasteiger charge is -2.10. The molecule has 2 atom stereocenters. The number of benzene rings is 1. The second kappa shape index (κ2) is 5.38. The highest BCUT2D eigenvalue weighted by Gasteiger charge is 2.20. The summed E-state index contributed by atoms with van der Waals surface area (Å²) in [7, 11) is 0. The molecular weight excluding hydrogens is 234 g/mol. The fourth-order valence-corrected chi connectivity index (χ4v) is 3.35. The number of nitrogens with one attached hydrogen (secondary N) is 1. The zero-order valence-corrected chi connectivity index (χ0v) is 11.9. The number of hydrogen-bond acceptors (Lipinski definition) is 2. The van der Waals surface area contributed by atoms with Crippen LogP contribution in [-0.2, 0) is 6.54 Å². The molecule has 1 saturated carbocycles. The summed E-state index contributed by atoms with van der Waals surface area (Å²) in [4.78, 5) is 0. The van der Waals surface area contributed by atoms with Crippen LogP contribution in [0.4, 0.5) is 0 Å². The average Bonchev–Trinajstić information content (AvgIpc) is 2.94. The Kier molecular flexibility index (Phi) is 3.61. The van der Waals surface area contributed by atoms with E-state index < -0.39 is 0 Å². The Morgan fingerprint density at radius 2 is 2.11 bits per heavy atom. The van der Waals surface area contributed by atoms with E-state index in [0.29, 0.717) is 0 Å². The molecule has 1 N–H and O–H groups in total. The molecule has 2 nitrogen and oxygen atoms in total. The van der Waals surface area contributed by atoms with Crippen LogP contribution in [0.15, 0.2) is 28.7 Å². The Labute approximate surface area is 115 Å². The molecule has 0 amide bonds. The summed E-state index contributed by atoms with van der Waals surface area (Å²) in [5, 5.41) is 4.88. The molecule has 1 fully saturated rings. The molecule has 19 heavy (non-hydrogen) atoms. The van der Waals surface area contributed by atoms with Gasteiger partial charge in [0.1, 0.15) is 11.3 Å². The number of aryl methyl sites for hydroxylation is 1. The zero-order chi connectivity index (χ0) is 13.2. The van der Waals surface area contributed by atoms with Gasteiger partial charge in [0, 0.05) is 17.5 Å². The number of hydrogen-bond donors (Lipinski definition) is 1. The smallest absolute Gasteiger partial charge is 0.134 e. The van der Waals surface area contributed by atoms with Gasteiger partial charge < -0.3 is 9.73 Å². The lowest BCUT2D eigenvalue weighted by Crippen LogP contribution is -2.21.